The number of hydrogen-bond acceptors (Lipinski definition) is 3. The first-order valence-corrected chi connectivity index (χ1v) is 8.86. The van der Waals surface area contributed by atoms with Gasteiger partial charge in [-0.2, -0.15) is 0 Å². The normalized spacial score (nSPS) is 10.5. The van der Waals surface area contributed by atoms with E-state index in [0.29, 0.717) is 22.7 Å². The molecular weight excluding hydrogens is 343 g/mol. The molecule has 1 heterocycles. The highest BCUT2D eigenvalue weighted by atomic mass is 19.1. The van der Waals surface area contributed by atoms with Gasteiger partial charge in [0.25, 0.3) is 5.91 Å². The Labute approximate surface area is 158 Å². The second-order valence-electron chi connectivity index (χ2n) is 6.22. The molecule has 4 nitrogen and oxygen atoms in total. The van der Waals surface area contributed by atoms with Gasteiger partial charge in [-0.25, -0.2) is 4.39 Å². The molecule has 0 aliphatic carbocycles. The topological polar surface area (TPSA) is 51.2 Å². The number of amides is 1. The van der Waals surface area contributed by atoms with Crippen LogP contribution in [0.3, 0.4) is 0 Å². The van der Waals surface area contributed by atoms with E-state index in [1.165, 1.54) is 12.1 Å². The Morgan fingerprint density at radius 1 is 1.00 bits per heavy atom. The average molecular weight is 364 g/mol. The van der Waals surface area contributed by atoms with Gasteiger partial charge in [-0.05, 0) is 74.0 Å². The van der Waals surface area contributed by atoms with Gasteiger partial charge in [-0.3, -0.25) is 9.78 Å². The number of ether oxygens (including phenoxy) is 1. The summed E-state index contributed by atoms with van der Waals surface area (Å²) in [6, 6.07) is 16.5. The van der Waals surface area contributed by atoms with E-state index in [-0.39, 0.29) is 11.7 Å². The van der Waals surface area contributed by atoms with Gasteiger partial charge in [0.2, 0.25) is 0 Å². The zero-order chi connectivity index (χ0) is 19.2. The molecule has 0 spiro atoms. The number of rotatable bonds is 6. The molecule has 0 aliphatic heterocycles. The predicted molar refractivity (Wildman–Crippen MR) is 104 cm³/mol. The van der Waals surface area contributed by atoms with Crippen molar-refractivity contribution in [2.45, 2.75) is 26.7 Å². The standard InChI is InChI=1S/C22H21FN2O2/c1-3-4-17-9-14-21(15(2)24-17)22(26)25-18-7-12-20(13-8-18)27-19-10-5-16(23)6-11-19/h5-14H,3-4H2,1-2H3,(H,25,26). The lowest BCUT2D eigenvalue weighted by Gasteiger charge is -2.10. The molecule has 2 aromatic carbocycles. The number of aromatic nitrogens is 1. The van der Waals surface area contributed by atoms with E-state index in [4.69, 9.17) is 4.74 Å². The minimum atomic E-state index is -0.312. The van der Waals surface area contributed by atoms with E-state index >= 15 is 0 Å². The molecule has 1 amide bonds. The summed E-state index contributed by atoms with van der Waals surface area (Å²) in [5.74, 6) is 0.631. The number of benzene rings is 2. The van der Waals surface area contributed by atoms with Gasteiger partial charge >= 0.3 is 0 Å². The van der Waals surface area contributed by atoms with Gasteiger partial charge in [0.1, 0.15) is 17.3 Å². The maximum Gasteiger partial charge on any atom is 0.257 e. The zero-order valence-corrected chi connectivity index (χ0v) is 15.3. The molecule has 0 fully saturated rings. The van der Waals surface area contributed by atoms with Crippen molar-refractivity contribution in [3.05, 3.63) is 83.4 Å². The van der Waals surface area contributed by atoms with Crippen LogP contribution in [0.25, 0.3) is 0 Å². The number of carbonyl (C=O) groups is 1. The molecular formula is C22H21FN2O2. The number of nitrogens with one attached hydrogen (secondary N) is 1. The lowest BCUT2D eigenvalue weighted by molar-refractivity contribution is 0.102. The zero-order valence-electron chi connectivity index (χ0n) is 15.3. The van der Waals surface area contributed by atoms with Crippen molar-refractivity contribution in [3.63, 3.8) is 0 Å². The summed E-state index contributed by atoms with van der Waals surface area (Å²) in [5.41, 5.74) is 2.92. The highest BCUT2D eigenvalue weighted by molar-refractivity contribution is 6.05. The van der Waals surface area contributed by atoms with E-state index in [1.54, 1.807) is 36.4 Å². The number of nitrogens with zero attached hydrogens (tertiary/aromatic N) is 1. The molecule has 5 heteroatoms. The Balaban J connectivity index is 1.65. The number of aryl methyl sites for hydroxylation is 2. The van der Waals surface area contributed by atoms with Crippen molar-refractivity contribution in [2.75, 3.05) is 5.32 Å². The van der Waals surface area contributed by atoms with Crippen LogP contribution >= 0.6 is 0 Å². The molecule has 3 rings (SSSR count). The van der Waals surface area contributed by atoms with Gasteiger partial charge in [0.15, 0.2) is 0 Å². The lowest BCUT2D eigenvalue weighted by Crippen LogP contribution is -2.14. The highest BCUT2D eigenvalue weighted by Gasteiger charge is 2.11. The van der Waals surface area contributed by atoms with Gasteiger partial charge in [0, 0.05) is 11.4 Å². The Morgan fingerprint density at radius 2 is 1.63 bits per heavy atom. The highest BCUT2D eigenvalue weighted by Crippen LogP contribution is 2.23. The van der Waals surface area contributed by atoms with Crippen LogP contribution in [0.5, 0.6) is 11.5 Å². The molecule has 0 saturated carbocycles. The van der Waals surface area contributed by atoms with Crippen LogP contribution in [-0.2, 0) is 6.42 Å². The van der Waals surface area contributed by atoms with E-state index in [2.05, 4.69) is 17.2 Å². The Morgan fingerprint density at radius 3 is 2.22 bits per heavy atom. The van der Waals surface area contributed by atoms with E-state index < -0.39 is 0 Å². The van der Waals surface area contributed by atoms with E-state index in [0.717, 1.165) is 24.2 Å². The molecule has 1 aromatic heterocycles. The summed E-state index contributed by atoms with van der Waals surface area (Å²) in [6.45, 7) is 3.94. The number of carbonyl (C=O) groups excluding carboxylic acids is 1. The summed E-state index contributed by atoms with van der Waals surface area (Å²) in [7, 11) is 0. The monoisotopic (exact) mass is 364 g/mol. The minimum Gasteiger partial charge on any atom is -0.457 e. The third-order valence-corrected chi connectivity index (χ3v) is 4.06. The third kappa shape index (κ3) is 4.91. The van der Waals surface area contributed by atoms with Crippen LogP contribution in [-0.4, -0.2) is 10.9 Å². The first kappa shape index (κ1) is 18.6. The molecule has 0 atom stereocenters. The Kier molecular flexibility index (Phi) is 5.81. The van der Waals surface area contributed by atoms with Crippen molar-refractivity contribution in [1.82, 2.24) is 4.98 Å². The average Bonchev–Trinajstić information content (AvgIpc) is 2.65. The molecule has 1 N–H and O–H groups in total. The summed E-state index contributed by atoms with van der Waals surface area (Å²) in [4.78, 5) is 17.0. The van der Waals surface area contributed by atoms with Crippen LogP contribution in [0.4, 0.5) is 10.1 Å². The van der Waals surface area contributed by atoms with Crippen LogP contribution < -0.4 is 10.1 Å². The van der Waals surface area contributed by atoms with E-state index in [1.807, 2.05) is 19.1 Å². The first-order chi connectivity index (χ1) is 13.0. The van der Waals surface area contributed by atoms with Gasteiger partial charge < -0.3 is 10.1 Å². The van der Waals surface area contributed by atoms with E-state index in [9.17, 15) is 9.18 Å². The predicted octanol–water partition coefficient (Wildman–Crippen LogP) is 5.53. The maximum absolute atomic E-state index is 12.9. The fourth-order valence-electron chi connectivity index (χ4n) is 2.69. The fourth-order valence-corrected chi connectivity index (χ4v) is 2.69. The maximum atomic E-state index is 12.9. The largest absolute Gasteiger partial charge is 0.457 e. The van der Waals surface area contributed by atoms with Crippen molar-refractivity contribution < 1.29 is 13.9 Å². The quantitative estimate of drug-likeness (QED) is 0.626. The summed E-state index contributed by atoms with van der Waals surface area (Å²) in [6.07, 6.45) is 1.92. The SMILES string of the molecule is CCCc1ccc(C(=O)Nc2ccc(Oc3ccc(F)cc3)cc2)c(C)n1. The molecule has 138 valence electrons. The first-order valence-electron chi connectivity index (χ1n) is 8.86. The van der Waals surface area contributed by atoms with Gasteiger partial charge in [0.05, 0.1) is 11.3 Å². The van der Waals surface area contributed by atoms with Crippen LogP contribution in [0.1, 0.15) is 35.1 Å². The number of pyridine rings is 1. The minimum absolute atomic E-state index is 0.199. The Hall–Kier alpha value is -3.21. The van der Waals surface area contributed by atoms with Crippen molar-refractivity contribution in [2.24, 2.45) is 0 Å². The Bertz CT molecular complexity index is 922. The molecule has 0 unspecified atom stereocenters. The fraction of sp³-hybridized carbons (Fsp3) is 0.182. The summed E-state index contributed by atoms with van der Waals surface area (Å²) >= 11 is 0. The number of halogens is 1. The lowest BCUT2D eigenvalue weighted by atomic mass is 10.1. The molecule has 0 aliphatic rings. The third-order valence-electron chi connectivity index (χ3n) is 4.06. The second kappa shape index (κ2) is 8.45. The van der Waals surface area contributed by atoms with Crippen molar-refractivity contribution >= 4 is 11.6 Å². The summed E-state index contributed by atoms with van der Waals surface area (Å²) < 4.78 is 18.6. The van der Waals surface area contributed by atoms with Gasteiger partial charge in [-0.15, -0.1) is 0 Å². The van der Waals surface area contributed by atoms with Crippen LogP contribution in [0.15, 0.2) is 60.7 Å². The number of hydrogen-bond donors (Lipinski definition) is 1. The van der Waals surface area contributed by atoms with Crippen LogP contribution in [0, 0.1) is 12.7 Å². The van der Waals surface area contributed by atoms with Crippen molar-refractivity contribution in [1.29, 1.82) is 0 Å². The summed E-state index contributed by atoms with van der Waals surface area (Å²) in [5, 5.41) is 2.86. The smallest absolute Gasteiger partial charge is 0.257 e. The molecule has 3 aromatic rings. The molecule has 27 heavy (non-hydrogen) atoms. The molecule has 0 saturated heterocycles. The molecule has 0 bridgehead atoms. The second-order valence-corrected chi connectivity index (χ2v) is 6.22. The van der Waals surface area contributed by atoms with Crippen molar-refractivity contribution in [3.8, 4) is 11.5 Å². The van der Waals surface area contributed by atoms with Crippen LogP contribution in [0.2, 0.25) is 0 Å². The van der Waals surface area contributed by atoms with Gasteiger partial charge in [-0.1, -0.05) is 13.3 Å². The number of anilines is 1. The molecule has 0 radical (unpaired) electrons.